The molecule has 2 aromatic rings. The van der Waals surface area contributed by atoms with Crippen molar-refractivity contribution in [3.63, 3.8) is 0 Å². The summed E-state index contributed by atoms with van der Waals surface area (Å²) in [5.74, 6) is 1.17. The summed E-state index contributed by atoms with van der Waals surface area (Å²) in [6.07, 6.45) is 0. The second-order valence-electron chi connectivity index (χ2n) is 4.38. The quantitative estimate of drug-likeness (QED) is 0.880. The lowest BCUT2D eigenvalue weighted by Gasteiger charge is -2.07. The van der Waals surface area contributed by atoms with E-state index in [0.717, 1.165) is 11.4 Å². The Morgan fingerprint density at radius 1 is 1.21 bits per heavy atom. The third-order valence-corrected chi connectivity index (χ3v) is 2.72. The maximum Gasteiger partial charge on any atom is 0.257 e. The molecule has 0 aliphatic carbocycles. The van der Waals surface area contributed by atoms with Gasteiger partial charge in [0.15, 0.2) is 0 Å². The number of anilines is 2. The van der Waals surface area contributed by atoms with Gasteiger partial charge in [-0.1, -0.05) is 0 Å². The van der Waals surface area contributed by atoms with E-state index in [0.29, 0.717) is 17.2 Å². The molecule has 2 aromatic heterocycles. The number of amides is 1. The van der Waals surface area contributed by atoms with E-state index in [-0.39, 0.29) is 5.91 Å². The zero-order chi connectivity index (χ0) is 14.0. The SMILES string of the molecule is CNc1cc(C(=O)Nc2cc(C)nn2C)cc(C)n1. The van der Waals surface area contributed by atoms with E-state index in [4.69, 9.17) is 0 Å². The van der Waals surface area contributed by atoms with Gasteiger partial charge in [0.25, 0.3) is 5.91 Å². The Labute approximate surface area is 111 Å². The highest BCUT2D eigenvalue weighted by Gasteiger charge is 2.11. The van der Waals surface area contributed by atoms with Crippen LogP contribution in [0, 0.1) is 13.8 Å². The molecule has 6 heteroatoms. The minimum Gasteiger partial charge on any atom is -0.373 e. The molecule has 0 saturated carbocycles. The molecule has 0 aliphatic rings. The summed E-state index contributed by atoms with van der Waals surface area (Å²) in [6.45, 7) is 3.73. The van der Waals surface area contributed by atoms with Crippen LogP contribution in [0.25, 0.3) is 0 Å². The molecule has 0 aromatic carbocycles. The summed E-state index contributed by atoms with van der Waals surface area (Å²) < 4.78 is 1.64. The van der Waals surface area contributed by atoms with Crippen molar-refractivity contribution in [2.45, 2.75) is 13.8 Å². The average Bonchev–Trinajstić information content (AvgIpc) is 2.67. The Hall–Kier alpha value is -2.37. The Morgan fingerprint density at radius 2 is 1.95 bits per heavy atom. The van der Waals surface area contributed by atoms with Crippen molar-refractivity contribution in [2.75, 3.05) is 17.7 Å². The molecule has 0 atom stereocenters. The lowest BCUT2D eigenvalue weighted by molar-refractivity contribution is 0.102. The van der Waals surface area contributed by atoms with E-state index >= 15 is 0 Å². The largest absolute Gasteiger partial charge is 0.373 e. The summed E-state index contributed by atoms with van der Waals surface area (Å²) in [6, 6.07) is 5.29. The first-order valence-corrected chi connectivity index (χ1v) is 5.98. The van der Waals surface area contributed by atoms with Gasteiger partial charge in [-0.15, -0.1) is 0 Å². The third-order valence-electron chi connectivity index (χ3n) is 2.72. The molecule has 19 heavy (non-hydrogen) atoms. The summed E-state index contributed by atoms with van der Waals surface area (Å²) in [4.78, 5) is 16.4. The number of aryl methyl sites for hydroxylation is 3. The molecular formula is C13H17N5O. The monoisotopic (exact) mass is 259 g/mol. The van der Waals surface area contributed by atoms with Gasteiger partial charge in [0.2, 0.25) is 0 Å². The van der Waals surface area contributed by atoms with Gasteiger partial charge in [0.1, 0.15) is 11.6 Å². The van der Waals surface area contributed by atoms with Crippen molar-refractivity contribution in [3.05, 3.63) is 35.2 Å². The molecule has 0 saturated heterocycles. The smallest absolute Gasteiger partial charge is 0.257 e. The lowest BCUT2D eigenvalue weighted by Crippen LogP contribution is -2.15. The van der Waals surface area contributed by atoms with E-state index in [2.05, 4.69) is 20.7 Å². The van der Waals surface area contributed by atoms with Crippen LogP contribution in [0.3, 0.4) is 0 Å². The topological polar surface area (TPSA) is 71.8 Å². The molecule has 0 unspecified atom stereocenters. The van der Waals surface area contributed by atoms with Gasteiger partial charge in [-0.3, -0.25) is 9.48 Å². The summed E-state index contributed by atoms with van der Waals surface area (Å²) in [7, 11) is 3.56. The maximum absolute atomic E-state index is 12.2. The first kappa shape index (κ1) is 13.1. The van der Waals surface area contributed by atoms with Crippen molar-refractivity contribution >= 4 is 17.5 Å². The Bertz CT molecular complexity index is 617. The summed E-state index contributed by atoms with van der Waals surface area (Å²) >= 11 is 0. The van der Waals surface area contributed by atoms with Gasteiger partial charge in [0.05, 0.1) is 5.69 Å². The second-order valence-corrected chi connectivity index (χ2v) is 4.38. The van der Waals surface area contributed by atoms with Crippen LogP contribution in [0.15, 0.2) is 18.2 Å². The van der Waals surface area contributed by atoms with Crippen LogP contribution in [0.1, 0.15) is 21.7 Å². The van der Waals surface area contributed by atoms with Crippen LogP contribution in [0.4, 0.5) is 11.6 Å². The second kappa shape index (κ2) is 5.09. The third kappa shape index (κ3) is 2.90. The van der Waals surface area contributed by atoms with Crippen molar-refractivity contribution < 1.29 is 4.79 Å². The first-order valence-electron chi connectivity index (χ1n) is 5.98. The fourth-order valence-corrected chi connectivity index (χ4v) is 1.84. The highest BCUT2D eigenvalue weighted by atomic mass is 16.1. The van der Waals surface area contributed by atoms with Crippen LogP contribution in [0.2, 0.25) is 0 Å². The van der Waals surface area contributed by atoms with Gasteiger partial charge in [-0.25, -0.2) is 4.98 Å². The molecule has 0 fully saturated rings. The van der Waals surface area contributed by atoms with Gasteiger partial charge in [-0.05, 0) is 26.0 Å². The fourth-order valence-electron chi connectivity index (χ4n) is 1.84. The van der Waals surface area contributed by atoms with Gasteiger partial charge >= 0.3 is 0 Å². The van der Waals surface area contributed by atoms with Crippen molar-refractivity contribution in [3.8, 4) is 0 Å². The number of hydrogen-bond donors (Lipinski definition) is 2. The number of nitrogens with zero attached hydrogens (tertiary/aromatic N) is 3. The summed E-state index contributed by atoms with van der Waals surface area (Å²) in [5.41, 5.74) is 2.22. The minimum absolute atomic E-state index is 0.176. The number of rotatable bonds is 3. The number of carbonyl (C=O) groups is 1. The van der Waals surface area contributed by atoms with Crippen LogP contribution in [-0.4, -0.2) is 27.7 Å². The van der Waals surface area contributed by atoms with E-state index < -0.39 is 0 Å². The first-order chi connectivity index (χ1) is 8.99. The molecule has 2 N–H and O–H groups in total. The normalized spacial score (nSPS) is 10.3. The number of aromatic nitrogens is 3. The maximum atomic E-state index is 12.2. The molecule has 6 nitrogen and oxygen atoms in total. The molecule has 0 aliphatic heterocycles. The number of carbonyl (C=O) groups excluding carboxylic acids is 1. The Kier molecular flexibility index (Phi) is 3.50. The molecule has 0 spiro atoms. The van der Waals surface area contributed by atoms with Gasteiger partial charge < -0.3 is 10.6 Å². The molecular weight excluding hydrogens is 242 g/mol. The van der Waals surface area contributed by atoms with Crippen molar-refractivity contribution in [1.82, 2.24) is 14.8 Å². The van der Waals surface area contributed by atoms with Crippen LogP contribution < -0.4 is 10.6 Å². The molecule has 2 rings (SSSR count). The molecule has 0 bridgehead atoms. The highest BCUT2D eigenvalue weighted by Crippen LogP contribution is 2.13. The van der Waals surface area contributed by atoms with E-state index in [1.165, 1.54) is 0 Å². The van der Waals surface area contributed by atoms with Crippen molar-refractivity contribution in [1.29, 1.82) is 0 Å². The van der Waals surface area contributed by atoms with Gasteiger partial charge in [-0.2, -0.15) is 5.10 Å². The van der Waals surface area contributed by atoms with E-state index in [1.807, 2.05) is 19.9 Å². The Morgan fingerprint density at radius 3 is 2.53 bits per heavy atom. The molecule has 100 valence electrons. The van der Waals surface area contributed by atoms with Crippen LogP contribution in [0.5, 0.6) is 0 Å². The zero-order valence-electron chi connectivity index (χ0n) is 11.5. The summed E-state index contributed by atoms with van der Waals surface area (Å²) in [5, 5.41) is 9.95. The van der Waals surface area contributed by atoms with Crippen LogP contribution in [-0.2, 0) is 7.05 Å². The predicted octanol–water partition coefficient (Wildman–Crippen LogP) is 1.73. The standard InChI is InChI=1S/C13H17N5O/c1-8-5-10(7-11(14-3)15-8)13(19)16-12-6-9(2)17-18(12)4/h5-7H,1-4H3,(H,14,15)(H,16,19). The number of nitrogens with one attached hydrogen (secondary N) is 2. The average molecular weight is 259 g/mol. The van der Waals surface area contributed by atoms with Crippen molar-refractivity contribution in [2.24, 2.45) is 7.05 Å². The molecule has 0 radical (unpaired) electrons. The number of hydrogen-bond acceptors (Lipinski definition) is 4. The minimum atomic E-state index is -0.176. The zero-order valence-corrected chi connectivity index (χ0v) is 11.5. The van der Waals surface area contributed by atoms with Gasteiger partial charge in [0, 0.05) is 31.4 Å². The van der Waals surface area contributed by atoms with Crippen LogP contribution >= 0.6 is 0 Å². The fraction of sp³-hybridized carbons (Fsp3) is 0.308. The molecule has 2 heterocycles. The predicted molar refractivity (Wildman–Crippen MR) is 74.4 cm³/mol. The number of pyridine rings is 1. The highest BCUT2D eigenvalue weighted by molar-refractivity contribution is 6.04. The van der Waals surface area contributed by atoms with E-state index in [1.54, 1.807) is 30.9 Å². The Balaban J connectivity index is 2.25. The lowest BCUT2D eigenvalue weighted by atomic mass is 10.2. The molecule has 1 amide bonds. The van der Waals surface area contributed by atoms with E-state index in [9.17, 15) is 4.79 Å².